The van der Waals surface area contributed by atoms with Crippen molar-refractivity contribution in [1.29, 1.82) is 0 Å². The van der Waals surface area contributed by atoms with E-state index in [1.165, 1.54) is 12.8 Å². The fourth-order valence-corrected chi connectivity index (χ4v) is 5.30. The molecular formula is C24H43N3O4. The Morgan fingerprint density at radius 1 is 0.806 bits per heavy atom. The van der Waals surface area contributed by atoms with E-state index in [0.717, 1.165) is 45.2 Å². The molecule has 0 aromatic heterocycles. The first-order valence-electron chi connectivity index (χ1n) is 12.2. The van der Waals surface area contributed by atoms with Gasteiger partial charge in [-0.05, 0) is 79.6 Å². The highest BCUT2D eigenvalue weighted by atomic mass is 16.6. The molecule has 1 saturated carbocycles. The third kappa shape index (κ3) is 6.74. The summed E-state index contributed by atoms with van der Waals surface area (Å²) in [5.74, 6) is 0.444. The highest BCUT2D eigenvalue weighted by Crippen LogP contribution is 2.36. The Bertz CT molecular complexity index is 640. The van der Waals surface area contributed by atoms with Gasteiger partial charge in [-0.15, -0.1) is 0 Å². The lowest BCUT2D eigenvalue weighted by Crippen LogP contribution is -2.53. The molecule has 7 nitrogen and oxygen atoms in total. The normalized spacial score (nSPS) is 29.9. The van der Waals surface area contributed by atoms with E-state index in [-0.39, 0.29) is 24.3 Å². The summed E-state index contributed by atoms with van der Waals surface area (Å²) in [4.78, 5) is 29.1. The minimum absolute atomic E-state index is 0.170. The van der Waals surface area contributed by atoms with Crippen LogP contribution in [0.25, 0.3) is 0 Å². The third-order valence-corrected chi connectivity index (χ3v) is 6.53. The molecule has 2 saturated heterocycles. The summed E-state index contributed by atoms with van der Waals surface area (Å²) >= 11 is 0. The molecule has 4 unspecified atom stereocenters. The van der Waals surface area contributed by atoms with Crippen LogP contribution in [0.5, 0.6) is 0 Å². The van der Waals surface area contributed by atoms with E-state index in [1.807, 2.05) is 51.3 Å². The Labute approximate surface area is 188 Å². The van der Waals surface area contributed by atoms with Crippen molar-refractivity contribution in [3.05, 3.63) is 0 Å². The first kappa shape index (κ1) is 24.1. The van der Waals surface area contributed by atoms with Gasteiger partial charge >= 0.3 is 12.2 Å². The van der Waals surface area contributed by atoms with Gasteiger partial charge in [0.25, 0.3) is 0 Å². The summed E-state index contributed by atoms with van der Waals surface area (Å²) < 4.78 is 11.2. The fraction of sp³-hybridized carbons (Fsp3) is 0.917. The van der Waals surface area contributed by atoms with Crippen molar-refractivity contribution in [3.8, 4) is 0 Å². The van der Waals surface area contributed by atoms with Crippen LogP contribution in [0.15, 0.2) is 0 Å². The lowest BCUT2D eigenvalue weighted by molar-refractivity contribution is 0.0125. The van der Waals surface area contributed by atoms with E-state index in [2.05, 4.69) is 5.32 Å². The standard InChI is InChI=1S/C24H43N3O4/c1-23(2,3)30-21(28)26-15-13-17(16-26)25-19-11-8-7-10-18(19)20-12-9-14-27(20)22(29)31-24(4,5)6/h17-20,25H,7-16H2,1-6H3. The summed E-state index contributed by atoms with van der Waals surface area (Å²) in [6, 6.07) is 0.913. The molecular weight excluding hydrogens is 394 g/mol. The van der Waals surface area contributed by atoms with Crippen LogP contribution in [-0.4, -0.2) is 70.9 Å². The van der Waals surface area contributed by atoms with Gasteiger partial charge in [0.2, 0.25) is 0 Å². The maximum Gasteiger partial charge on any atom is 0.410 e. The highest BCUT2D eigenvalue weighted by molar-refractivity contribution is 5.69. The smallest absolute Gasteiger partial charge is 0.410 e. The molecule has 31 heavy (non-hydrogen) atoms. The predicted octanol–water partition coefficient (Wildman–Crippen LogP) is 4.54. The average Bonchev–Trinajstić information content (AvgIpc) is 3.29. The summed E-state index contributed by atoms with van der Waals surface area (Å²) in [6.45, 7) is 13.7. The first-order chi connectivity index (χ1) is 14.4. The molecule has 1 aliphatic carbocycles. The summed E-state index contributed by atoms with van der Waals surface area (Å²) in [5.41, 5.74) is -0.936. The molecule has 2 heterocycles. The Hall–Kier alpha value is -1.50. The van der Waals surface area contributed by atoms with E-state index in [9.17, 15) is 9.59 Å². The zero-order chi connectivity index (χ0) is 22.8. The van der Waals surface area contributed by atoms with Crippen LogP contribution in [0.2, 0.25) is 0 Å². The van der Waals surface area contributed by atoms with Gasteiger partial charge in [0.1, 0.15) is 11.2 Å². The molecule has 4 atom stereocenters. The van der Waals surface area contributed by atoms with Crippen molar-refractivity contribution in [2.45, 2.75) is 116 Å². The number of hydrogen-bond acceptors (Lipinski definition) is 5. The highest BCUT2D eigenvalue weighted by Gasteiger charge is 2.42. The average molecular weight is 438 g/mol. The van der Waals surface area contributed by atoms with Crippen molar-refractivity contribution in [3.63, 3.8) is 0 Å². The maximum absolute atomic E-state index is 12.8. The summed E-state index contributed by atoms with van der Waals surface area (Å²) in [7, 11) is 0. The van der Waals surface area contributed by atoms with Gasteiger partial charge in [-0.25, -0.2) is 9.59 Å². The minimum atomic E-state index is -0.469. The van der Waals surface area contributed by atoms with Gasteiger partial charge < -0.3 is 24.6 Å². The molecule has 0 bridgehead atoms. The van der Waals surface area contributed by atoms with E-state index in [1.54, 1.807) is 0 Å². The zero-order valence-electron chi connectivity index (χ0n) is 20.4. The first-order valence-corrected chi connectivity index (χ1v) is 12.2. The minimum Gasteiger partial charge on any atom is -0.444 e. The van der Waals surface area contributed by atoms with Crippen molar-refractivity contribution < 1.29 is 19.1 Å². The molecule has 0 radical (unpaired) electrons. The second-order valence-corrected chi connectivity index (χ2v) is 11.5. The largest absolute Gasteiger partial charge is 0.444 e. The summed E-state index contributed by atoms with van der Waals surface area (Å²) in [5, 5.41) is 3.87. The van der Waals surface area contributed by atoms with E-state index >= 15 is 0 Å². The van der Waals surface area contributed by atoms with Gasteiger partial charge in [0.05, 0.1) is 0 Å². The molecule has 7 heteroatoms. The Morgan fingerprint density at radius 2 is 1.45 bits per heavy atom. The number of carbonyl (C=O) groups excluding carboxylic acids is 2. The molecule has 178 valence electrons. The number of amides is 2. The van der Waals surface area contributed by atoms with Crippen LogP contribution >= 0.6 is 0 Å². The lowest BCUT2D eigenvalue weighted by Gasteiger charge is -2.41. The molecule has 3 aliphatic rings. The Kier molecular flexibility index (Phi) is 7.44. The van der Waals surface area contributed by atoms with Crippen molar-refractivity contribution in [1.82, 2.24) is 15.1 Å². The molecule has 0 spiro atoms. The van der Waals surface area contributed by atoms with Crippen LogP contribution in [0.3, 0.4) is 0 Å². The van der Waals surface area contributed by atoms with Gasteiger partial charge in [0, 0.05) is 37.8 Å². The SMILES string of the molecule is CC(C)(C)OC(=O)N1CCC(NC2CCCCC2C2CCCN2C(=O)OC(C)(C)C)C1. The van der Waals surface area contributed by atoms with Gasteiger partial charge in [-0.1, -0.05) is 12.8 Å². The molecule has 2 aliphatic heterocycles. The van der Waals surface area contributed by atoms with E-state index in [4.69, 9.17) is 9.47 Å². The second kappa shape index (κ2) is 9.55. The predicted molar refractivity (Wildman–Crippen MR) is 121 cm³/mol. The van der Waals surface area contributed by atoms with E-state index < -0.39 is 11.2 Å². The van der Waals surface area contributed by atoms with Gasteiger partial charge in [0.15, 0.2) is 0 Å². The number of likely N-dealkylation sites (tertiary alicyclic amines) is 2. The quantitative estimate of drug-likeness (QED) is 0.702. The van der Waals surface area contributed by atoms with Crippen LogP contribution in [0.4, 0.5) is 9.59 Å². The van der Waals surface area contributed by atoms with Gasteiger partial charge in [-0.2, -0.15) is 0 Å². The fourth-order valence-electron chi connectivity index (χ4n) is 5.30. The Morgan fingerprint density at radius 3 is 2.13 bits per heavy atom. The van der Waals surface area contributed by atoms with Crippen LogP contribution in [0.1, 0.15) is 86.5 Å². The van der Waals surface area contributed by atoms with Crippen LogP contribution in [-0.2, 0) is 9.47 Å². The number of carbonyl (C=O) groups is 2. The molecule has 3 rings (SSSR count). The molecule has 1 N–H and O–H groups in total. The second-order valence-electron chi connectivity index (χ2n) is 11.5. The topological polar surface area (TPSA) is 71.1 Å². The van der Waals surface area contributed by atoms with Crippen molar-refractivity contribution in [2.24, 2.45) is 5.92 Å². The van der Waals surface area contributed by atoms with E-state index in [0.29, 0.717) is 18.5 Å². The zero-order valence-corrected chi connectivity index (χ0v) is 20.4. The monoisotopic (exact) mass is 437 g/mol. The number of nitrogens with zero attached hydrogens (tertiary/aromatic N) is 2. The molecule has 0 aromatic rings. The van der Waals surface area contributed by atoms with Crippen molar-refractivity contribution >= 4 is 12.2 Å². The number of nitrogens with one attached hydrogen (secondary N) is 1. The molecule has 2 amide bonds. The number of rotatable bonds is 3. The number of hydrogen-bond donors (Lipinski definition) is 1. The van der Waals surface area contributed by atoms with Gasteiger partial charge in [-0.3, -0.25) is 0 Å². The van der Waals surface area contributed by atoms with Crippen molar-refractivity contribution in [2.75, 3.05) is 19.6 Å². The van der Waals surface area contributed by atoms with Crippen LogP contribution in [0, 0.1) is 5.92 Å². The lowest BCUT2D eigenvalue weighted by atomic mass is 9.78. The molecule has 3 fully saturated rings. The Balaban J connectivity index is 1.59. The maximum atomic E-state index is 12.8. The molecule has 0 aromatic carbocycles. The third-order valence-electron chi connectivity index (χ3n) is 6.53. The van der Waals surface area contributed by atoms with Crippen LogP contribution < -0.4 is 5.32 Å². The number of ether oxygens (including phenoxy) is 2. The summed E-state index contributed by atoms with van der Waals surface area (Å²) in [6.07, 6.45) is 7.37.